The number of rotatable bonds is 3. The highest BCUT2D eigenvalue weighted by molar-refractivity contribution is 7.91. The Morgan fingerprint density at radius 1 is 1.40 bits per heavy atom. The van der Waals surface area contributed by atoms with Crippen LogP contribution in [0.25, 0.3) is 0 Å². The maximum absolute atomic E-state index is 11.6. The summed E-state index contributed by atoms with van der Waals surface area (Å²) in [5, 5.41) is 0. The summed E-state index contributed by atoms with van der Waals surface area (Å²) in [5.41, 5.74) is 6.18. The molecule has 4 nitrogen and oxygen atoms in total. The molecule has 2 rings (SSSR count). The van der Waals surface area contributed by atoms with E-state index in [9.17, 15) is 8.42 Å². The number of aryl methyl sites for hydroxylation is 1. The van der Waals surface area contributed by atoms with E-state index >= 15 is 0 Å². The second-order valence-electron chi connectivity index (χ2n) is 3.48. The molecule has 0 fully saturated rings. The summed E-state index contributed by atoms with van der Waals surface area (Å²) in [4.78, 5) is 0.414. The fourth-order valence-corrected chi connectivity index (χ4v) is 3.23. The van der Waals surface area contributed by atoms with Crippen LogP contribution in [0.4, 0.5) is 0 Å². The minimum absolute atomic E-state index is 0.211. The predicted octanol–water partition coefficient (Wildman–Crippen LogP) is 0.354. The van der Waals surface area contributed by atoms with Crippen molar-refractivity contribution >= 4 is 9.84 Å². The van der Waals surface area contributed by atoms with E-state index in [0.29, 0.717) is 30.2 Å². The Morgan fingerprint density at radius 3 is 2.93 bits per heavy atom. The molecule has 0 saturated carbocycles. The highest BCUT2D eigenvalue weighted by Crippen LogP contribution is 2.29. The van der Waals surface area contributed by atoms with E-state index in [1.165, 1.54) is 0 Å². The summed E-state index contributed by atoms with van der Waals surface area (Å²) in [6.07, 6.45) is 0.606. The molecule has 1 aliphatic heterocycles. The van der Waals surface area contributed by atoms with Gasteiger partial charge in [-0.25, -0.2) is 8.42 Å². The zero-order valence-corrected chi connectivity index (χ0v) is 9.09. The molecule has 0 spiro atoms. The zero-order chi connectivity index (χ0) is 10.9. The molecular weight excluding hydrogens is 214 g/mol. The van der Waals surface area contributed by atoms with Crippen LogP contribution in [0.3, 0.4) is 0 Å². The van der Waals surface area contributed by atoms with Gasteiger partial charge in [-0.05, 0) is 24.1 Å². The topological polar surface area (TPSA) is 69.4 Å². The van der Waals surface area contributed by atoms with E-state index in [-0.39, 0.29) is 5.75 Å². The van der Waals surface area contributed by atoms with Crippen molar-refractivity contribution in [1.82, 2.24) is 0 Å². The molecule has 0 saturated heterocycles. The molecule has 1 aromatic rings. The summed E-state index contributed by atoms with van der Waals surface area (Å²) >= 11 is 0. The summed E-state index contributed by atoms with van der Waals surface area (Å²) in [6.45, 7) is 0.822. The zero-order valence-electron chi connectivity index (χ0n) is 8.27. The number of ether oxygens (including phenoxy) is 1. The highest BCUT2D eigenvalue weighted by Gasteiger charge is 2.26. The van der Waals surface area contributed by atoms with Crippen LogP contribution in [-0.2, 0) is 16.3 Å². The predicted molar refractivity (Wildman–Crippen MR) is 56.7 cm³/mol. The van der Waals surface area contributed by atoms with Crippen molar-refractivity contribution in [2.24, 2.45) is 5.73 Å². The van der Waals surface area contributed by atoms with E-state index in [0.717, 1.165) is 5.56 Å². The number of hydrogen-bond acceptors (Lipinski definition) is 4. The van der Waals surface area contributed by atoms with Crippen molar-refractivity contribution in [3.63, 3.8) is 0 Å². The first kappa shape index (κ1) is 10.4. The number of nitrogens with two attached hydrogens (primary N) is 1. The molecule has 0 aliphatic carbocycles. The second-order valence-corrected chi connectivity index (χ2v) is 5.55. The van der Waals surface area contributed by atoms with Gasteiger partial charge in [-0.15, -0.1) is 0 Å². The molecule has 1 aromatic carbocycles. The molecule has 0 bridgehead atoms. The van der Waals surface area contributed by atoms with Crippen molar-refractivity contribution in [3.05, 3.63) is 23.8 Å². The number of sulfone groups is 1. The summed E-state index contributed by atoms with van der Waals surface area (Å²) in [7, 11) is -3.06. The van der Waals surface area contributed by atoms with Gasteiger partial charge in [0.25, 0.3) is 0 Å². The lowest BCUT2D eigenvalue weighted by molar-refractivity contribution is 0.327. The highest BCUT2D eigenvalue weighted by atomic mass is 32.2. The lowest BCUT2D eigenvalue weighted by atomic mass is 10.2. The van der Waals surface area contributed by atoms with Crippen LogP contribution in [-0.4, -0.2) is 27.3 Å². The van der Waals surface area contributed by atoms with Gasteiger partial charge in [-0.1, -0.05) is 6.07 Å². The molecule has 0 unspecified atom stereocenters. The minimum Gasteiger partial charge on any atom is -0.492 e. The molecule has 5 heteroatoms. The van der Waals surface area contributed by atoms with Gasteiger partial charge in [0, 0.05) is 6.54 Å². The summed E-state index contributed by atoms with van der Waals surface area (Å²) in [6, 6.07) is 5.19. The van der Waals surface area contributed by atoms with Crippen LogP contribution >= 0.6 is 0 Å². The van der Waals surface area contributed by atoms with Crippen molar-refractivity contribution < 1.29 is 13.2 Å². The molecule has 82 valence electrons. The molecule has 0 amide bonds. The number of fused-ring (bicyclic) bond motifs is 1. The molecule has 0 aromatic heterocycles. The van der Waals surface area contributed by atoms with Crippen LogP contribution in [0.1, 0.15) is 5.56 Å². The third kappa shape index (κ3) is 1.98. The lowest BCUT2D eigenvalue weighted by Crippen LogP contribution is -2.10. The molecule has 2 N–H and O–H groups in total. The van der Waals surface area contributed by atoms with E-state index in [1.807, 2.05) is 6.07 Å². The SMILES string of the molecule is NCCOc1ccc2c(c1)S(=O)(=O)CC2. The van der Waals surface area contributed by atoms with Crippen molar-refractivity contribution in [1.29, 1.82) is 0 Å². The molecule has 0 radical (unpaired) electrons. The van der Waals surface area contributed by atoms with Crippen LogP contribution in [0.2, 0.25) is 0 Å². The number of benzene rings is 1. The van der Waals surface area contributed by atoms with Crippen molar-refractivity contribution in [2.75, 3.05) is 18.9 Å². The Bertz CT molecular complexity index is 468. The van der Waals surface area contributed by atoms with E-state index in [2.05, 4.69) is 0 Å². The average molecular weight is 227 g/mol. The molecule has 1 heterocycles. The van der Waals surface area contributed by atoms with Gasteiger partial charge in [0.05, 0.1) is 10.6 Å². The quantitative estimate of drug-likeness (QED) is 0.809. The Labute approximate surface area is 89.0 Å². The fourth-order valence-electron chi connectivity index (χ4n) is 1.65. The largest absolute Gasteiger partial charge is 0.492 e. The smallest absolute Gasteiger partial charge is 0.179 e. The first-order chi connectivity index (χ1) is 7.13. The average Bonchev–Trinajstić information content (AvgIpc) is 2.52. The van der Waals surface area contributed by atoms with Crippen molar-refractivity contribution in [3.8, 4) is 5.75 Å². The van der Waals surface area contributed by atoms with Crippen LogP contribution in [0.15, 0.2) is 23.1 Å². The molecular formula is C10H13NO3S. The van der Waals surface area contributed by atoms with E-state index in [4.69, 9.17) is 10.5 Å². The van der Waals surface area contributed by atoms with E-state index < -0.39 is 9.84 Å². The molecule has 15 heavy (non-hydrogen) atoms. The Kier molecular flexibility index (Phi) is 2.67. The van der Waals surface area contributed by atoms with Gasteiger partial charge in [-0.2, -0.15) is 0 Å². The Morgan fingerprint density at radius 2 is 2.20 bits per heavy atom. The van der Waals surface area contributed by atoms with E-state index in [1.54, 1.807) is 12.1 Å². The third-order valence-corrected chi connectivity index (χ3v) is 4.19. The first-order valence-corrected chi connectivity index (χ1v) is 6.47. The van der Waals surface area contributed by atoms with Gasteiger partial charge in [-0.3, -0.25) is 0 Å². The maximum atomic E-state index is 11.6. The van der Waals surface area contributed by atoms with Crippen LogP contribution < -0.4 is 10.5 Å². The molecule has 1 aliphatic rings. The summed E-state index contributed by atoms with van der Waals surface area (Å²) < 4.78 is 28.5. The van der Waals surface area contributed by atoms with Gasteiger partial charge in [0.2, 0.25) is 0 Å². The van der Waals surface area contributed by atoms with Gasteiger partial charge in [0.1, 0.15) is 12.4 Å². The van der Waals surface area contributed by atoms with Crippen molar-refractivity contribution in [2.45, 2.75) is 11.3 Å². The second kappa shape index (κ2) is 3.83. The van der Waals surface area contributed by atoms with Gasteiger partial charge >= 0.3 is 0 Å². The monoisotopic (exact) mass is 227 g/mol. The number of hydrogen-bond donors (Lipinski definition) is 1. The Balaban J connectivity index is 2.33. The standard InChI is InChI=1S/C10H13NO3S/c11-4-5-14-9-2-1-8-3-6-15(12,13)10(8)7-9/h1-2,7H,3-6,11H2. The van der Waals surface area contributed by atoms with Crippen LogP contribution in [0.5, 0.6) is 5.75 Å². The normalized spacial score (nSPS) is 17.4. The fraction of sp³-hybridized carbons (Fsp3) is 0.400. The molecule has 0 atom stereocenters. The third-order valence-electron chi connectivity index (χ3n) is 2.40. The lowest BCUT2D eigenvalue weighted by Gasteiger charge is -2.06. The van der Waals surface area contributed by atoms with Crippen LogP contribution in [0, 0.1) is 0 Å². The van der Waals surface area contributed by atoms with Gasteiger partial charge < -0.3 is 10.5 Å². The summed E-state index contributed by atoms with van der Waals surface area (Å²) in [5.74, 6) is 0.785. The maximum Gasteiger partial charge on any atom is 0.179 e. The van der Waals surface area contributed by atoms with Gasteiger partial charge in [0.15, 0.2) is 9.84 Å². The minimum atomic E-state index is -3.06. The Hall–Kier alpha value is -1.07. The first-order valence-electron chi connectivity index (χ1n) is 4.82.